The molecule has 0 amide bonds. The van der Waals surface area contributed by atoms with Crippen LogP contribution in [-0.4, -0.2) is 61.7 Å². The Balaban J connectivity index is 1.85. The molecule has 1 N–H and O–H groups in total. The average molecular weight is 267 g/mol. The Kier molecular flexibility index (Phi) is 5.67. The number of fused-ring (bicyclic) bond motifs is 1. The molecule has 0 aromatic rings. The average Bonchev–Trinajstić information content (AvgIpc) is 2.43. The zero-order valence-electron chi connectivity index (χ0n) is 13.4. The normalized spacial score (nSPS) is 32.8. The van der Waals surface area contributed by atoms with Crippen LogP contribution in [0, 0.1) is 11.8 Å². The second kappa shape index (κ2) is 7.05. The van der Waals surface area contributed by atoms with Crippen molar-refractivity contribution in [1.29, 1.82) is 0 Å². The maximum absolute atomic E-state index is 3.50. The van der Waals surface area contributed by atoms with Crippen molar-refractivity contribution in [2.45, 2.75) is 52.1 Å². The predicted octanol–water partition coefficient (Wildman–Crippen LogP) is 2.04. The smallest absolute Gasteiger partial charge is 0.0145 e. The third kappa shape index (κ3) is 3.71. The zero-order valence-corrected chi connectivity index (χ0v) is 13.4. The van der Waals surface area contributed by atoms with Gasteiger partial charge in [-0.3, -0.25) is 4.90 Å². The van der Waals surface area contributed by atoms with Crippen LogP contribution in [0.5, 0.6) is 0 Å². The molecule has 2 heterocycles. The Hall–Kier alpha value is -0.120. The van der Waals surface area contributed by atoms with Crippen molar-refractivity contribution in [2.75, 3.05) is 39.8 Å². The number of hydrogen-bond donors (Lipinski definition) is 1. The highest BCUT2D eigenvalue weighted by Gasteiger charge is 2.36. The molecule has 3 heteroatoms. The molecule has 0 aliphatic carbocycles. The molecule has 2 saturated heterocycles. The van der Waals surface area contributed by atoms with E-state index < -0.39 is 0 Å². The van der Waals surface area contributed by atoms with Crippen molar-refractivity contribution in [2.24, 2.45) is 11.8 Å². The minimum absolute atomic E-state index is 0.715. The summed E-state index contributed by atoms with van der Waals surface area (Å²) in [5.74, 6) is 1.67. The van der Waals surface area contributed by atoms with Gasteiger partial charge in [0.25, 0.3) is 0 Å². The number of rotatable bonds is 5. The van der Waals surface area contributed by atoms with Crippen molar-refractivity contribution < 1.29 is 0 Å². The highest BCUT2D eigenvalue weighted by Crippen LogP contribution is 2.31. The van der Waals surface area contributed by atoms with E-state index in [1.807, 2.05) is 0 Å². The fourth-order valence-corrected chi connectivity index (χ4v) is 3.95. The summed E-state index contributed by atoms with van der Waals surface area (Å²) in [4.78, 5) is 5.36. The van der Waals surface area contributed by atoms with Gasteiger partial charge in [-0.25, -0.2) is 0 Å². The van der Waals surface area contributed by atoms with Crippen LogP contribution < -0.4 is 5.32 Å². The van der Waals surface area contributed by atoms with Crippen LogP contribution >= 0.6 is 0 Å². The fraction of sp³-hybridized carbons (Fsp3) is 1.00. The van der Waals surface area contributed by atoms with E-state index in [-0.39, 0.29) is 0 Å². The summed E-state index contributed by atoms with van der Waals surface area (Å²) >= 11 is 0. The predicted molar refractivity (Wildman–Crippen MR) is 82.5 cm³/mol. The number of nitrogens with one attached hydrogen (secondary N) is 1. The minimum atomic E-state index is 0.715. The molecule has 4 unspecified atom stereocenters. The molecule has 2 fully saturated rings. The lowest BCUT2D eigenvalue weighted by Gasteiger charge is -2.48. The molecule has 0 spiro atoms. The molecule has 0 aromatic carbocycles. The number of likely N-dealkylation sites (tertiary alicyclic amines) is 2. The second-order valence-electron chi connectivity index (χ2n) is 6.76. The van der Waals surface area contributed by atoms with Gasteiger partial charge in [0.2, 0.25) is 0 Å². The maximum atomic E-state index is 3.50. The molecule has 4 atom stereocenters. The van der Waals surface area contributed by atoms with Gasteiger partial charge in [-0.2, -0.15) is 0 Å². The summed E-state index contributed by atoms with van der Waals surface area (Å²) in [7, 11) is 2.32. The van der Waals surface area contributed by atoms with E-state index in [2.05, 4.69) is 42.9 Å². The van der Waals surface area contributed by atoms with Gasteiger partial charge in [0.15, 0.2) is 0 Å². The number of piperidine rings is 2. The molecular formula is C16H33N3. The lowest BCUT2D eigenvalue weighted by molar-refractivity contribution is 0.0132. The Morgan fingerprint density at radius 1 is 1.21 bits per heavy atom. The molecule has 2 aliphatic rings. The summed E-state index contributed by atoms with van der Waals surface area (Å²) in [5.41, 5.74) is 0. The van der Waals surface area contributed by atoms with Gasteiger partial charge in [-0.05, 0) is 71.2 Å². The largest absolute Gasteiger partial charge is 0.317 e. The molecule has 0 bridgehead atoms. The lowest BCUT2D eigenvalue weighted by atomic mass is 9.83. The molecule has 19 heavy (non-hydrogen) atoms. The van der Waals surface area contributed by atoms with Crippen LogP contribution in [0.3, 0.4) is 0 Å². The van der Waals surface area contributed by atoms with Crippen molar-refractivity contribution in [3.05, 3.63) is 0 Å². The number of nitrogens with zero attached hydrogens (tertiary/aromatic N) is 2. The van der Waals surface area contributed by atoms with Gasteiger partial charge in [-0.1, -0.05) is 13.8 Å². The van der Waals surface area contributed by atoms with E-state index in [1.54, 1.807) is 0 Å². The summed E-state index contributed by atoms with van der Waals surface area (Å²) in [6.45, 7) is 13.2. The van der Waals surface area contributed by atoms with E-state index in [4.69, 9.17) is 0 Å². The van der Waals surface area contributed by atoms with Gasteiger partial charge in [0.1, 0.15) is 0 Å². The van der Waals surface area contributed by atoms with Gasteiger partial charge in [-0.15, -0.1) is 0 Å². The summed E-state index contributed by atoms with van der Waals surface area (Å²) in [6.07, 6.45) is 4.21. The van der Waals surface area contributed by atoms with E-state index in [9.17, 15) is 0 Å². The van der Waals surface area contributed by atoms with E-state index in [1.165, 1.54) is 38.9 Å². The molecule has 2 aliphatic heterocycles. The Morgan fingerprint density at radius 3 is 2.74 bits per heavy atom. The third-order valence-corrected chi connectivity index (χ3v) is 5.49. The van der Waals surface area contributed by atoms with Crippen molar-refractivity contribution in [3.63, 3.8) is 0 Å². The number of hydrogen-bond acceptors (Lipinski definition) is 3. The fourth-order valence-electron chi connectivity index (χ4n) is 3.95. The molecule has 2 rings (SSSR count). The third-order valence-electron chi connectivity index (χ3n) is 5.49. The summed E-state index contributed by atoms with van der Waals surface area (Å²) < 4.78 is 0. The quantitative estimate of drug-likeness (QED) is 0.822. The van der Waals surface area contributed by atoms with Gasteiger partial charge >= 0.3 is 0 Å². The monoisotopic (exact) mass is 267 g/mol. The van der Waals surface area contributed by atoms with Crippen molar-refractivity contribution >= 4 is 0 Å². The zero-order chi connectivity index (χ0) is 13.8. The van der Waals surface area contributed by atoms with Crippen LogP contribution in [0.25, 0.3) is 0 Å². The van der Waals surface area contributed by atoms with Crippen LogP contribution in [0.15, 0.2) is 0 Å². The maximum Gasteiger partial charge on any atom is 0.0145 e. The second-order valence-corrected chi connectivity index (χ2v) is 6.76. The topological polar surface area (TPSA) is 18.5 Å². The first-order valence-electron chi connectivity index (χ1n) is 8.28. The first-order valence-corrected chi connectivity index (χ1v) is 8.28. The lowest BCUT2D eigenvalue weighted by Crippen LogP contribution is -2.55. The minimum Gasteiger partial charge on any atom is -0.317 e. The van der Waals surface area contributed by atoms with Gasteiger partial charge in [0.05, 0.1) is 0 Å². The van der Waals surface area contributed by atoms with E-state index in [0.717, 1.165) is 31.0 Å². The summed E-state index contributed by atoms with van der Waals surface area (Å²) in [5, 5.41) is 3.50. The van der Waals surface area contributed by atoms with Crippen LogP contribution in [0.1, 0.15) is 40.0 Å². The van der Waals surface area contributed by atoms with E-state index in [0.29, 0.717) is 6.04 Å². The highest BCUT2D eigenvalue weighted by atomic mass is 15.2. The molecule has 0 saturated carbocycles. The molecule has 0 aromatic heterocycles. The van der Waals surface area contributed by atoms with Gasteiger partial charge < -0.3 is 10.2 Å². The van der Waals surface area contributed by atoms with E-state index >= 15 is 0 Å². The first-order chi connectivity index (χ1) is 9.13. The first kappa shape index (κ1) is 15.3. The molecule has 112 valence electrons. The standard InChI is InChI=1S/C16H33N3/c1-5-17-11-13(2)14(3)19-10-8-16-15(12-19)7-6-9-18(16)4/h13-17H,5-12H2,1-4H3. The van der Waals surface area contributed by atoms with Crippen LogP contribution in [0.4, 0.5) is 0 Å². The molecule has 0 radical (unpaired) electrons. The van der Waals surface area contributed by atoms with Crippen molar-refractivity contribution in [3.8, 4) is 0 Å². The van der Waals surface area contributed by atoms with Crippen LogP contribution in [-0.2, 0) is 0 Å². The van der Waals surface area contributed by atoms with Gasteiger partial charge in [0, 0.05) is 18.6 Å². The Bertz CT molecular complexity index is 269. The van der Waals surface area contributed by atoms with Crippen LogP contribution in [0.2, 0.25) is 0 Å². The van der Waals surface area contributed by atoms with Crippen molar-refractivity contribution in [1.82, 2.24) is 15.1 Å². The summed E-state index contributed by atoms with van der Waals surface area (Å²) in [6, 6.07) is 1.58. The Labute approximate surface area is 119 Å². The molecular weight excluding hydrogens is 234 g/mol. The highest BCUT2D eigenvalue weighted by molar-refractivity contribution is 4.91. The molecule has 3 nitrogen and oxygen atoms in total. The SMILES string of the molecule is CCNCC(C)C(C)N1CCC2C(CCCN2C)C1. The Morgan fingerprint density at radius 2 is 2.00 bits per heavy atom.